The van der Waals surface area contributed by atoms with Crippen molar-refractivity contribution in [1.29, 1.82) is 0 Å². The van der Waals surface area contributed by atoms with Gasteiger partial charge in [0.2, 0.25) is 5.91 Å². The molecule has 1 N–H and O–H groups in total. The van der Waals surface area contributed by atoms with Crippen molar-refractivity contribution in [3.8, 4) is 0 Å². The normalized spacial score (nSPS) is 10.5. The maximum absolute atomic E-state index is 11.4. The lowest BCUT2D eigenvalue weighted by atomic mass is 10.1. The summed E-state index contributed by atoms with van der Waals surface area (Å²) < 4.78 is 0. The van der Waals surface area contributed by atoms with Crippen molar-refractivity contribution in [3.63, 3.8) is 0 Å². The standard InChI is InChI=1S/C11H15ClN2O/c1-7(2)4-10(15)14-9-5-8(3)11(12)13-6-9/h5-7H,4H2,1-3H3,(H,14,15). The first kappa shape index (κ1) is 12.0. The molecule has 0 saturated carbocycles. The average molecular weight is 227 g/mol. The van der Waals surface area contributed by atoms with Gasteiger partial charge in [-0.15, -0.1) is 0 Å². The van der Waals surface area contributed by atoms with Crippen molar-refractivity contribution in [3.05, 3.63) is 23.0 Å². The fourth-order valence-electron chi connectivity index (χ4n) is 1.21. The van der Waals surface area contributed by atoms with Crippen molar-refractivity contribution >= 4 is 23.2 Å². The van der Waals surface area contributed by atoms with Crippen LogP contribution in [0.2, 0.25) is 5.15 Å². The first-order valence-electron chi connectivity index (χ1n) is 4.91. The van der Waals surface area contributed by atoms with Gasteiger partial charge in [-0.3, -0.25) is 4.79 Å². The van der Waals surface area contributed by atoms with Gasteiger partial charge in [-0.25, -0.2) is 4.98 Å². The number of aromatic nitrogens is 1. The Morgan fingerprint density at radius 1 is 1.60 bits per heavy atom. The molecule has 3 nitrogen and oxygen atoms in total. The molecule has 0 spiro atoms. The van der Waals surface area contributed by atoms with E-state index in [4.69, 9.17) is 11.6 Å². The second-order valence-electron chi connectivity index (χ2n) is 3.98. The lowest BCUT2D eigenvalue weighted by molar-refractivity contribution is -0.116. The summed E-state index contributed by atoms with van der Waals surface area (Å²) in [5, 5.41) is 3.25. The molecule has 15 heavy (non-hydrogen) atoms. The van der Waals surface area contributed by atoms with Crippen molar-refractivity contribution < 1.29 is 4.79 Å². The molecule has 82 valence electrons. The molecular weight excluding hydrogens is 212 g/mol. The van der Waals surface area contributed by atoms with Crippen molar-refractivity contribution in [1.82, 2.24) is 4.98 Å². The Morgan fingerprint density at radius 2 is 2.27 bits per heavy atom. The van der Waals surface area contributed by atoms with Crippen LogP contribution in [-0.2, 0) is 4.79 Å². The van der Waals surface area contributed by atoms with E-state index in [9.17, 15) is 4.79 Å². The summed E-state index contributed by atoms with van der Waals surface area (Å²) in [5.41, 5.74) is 1.56. The molecule has 1 rings (SSSR count). The van der Waals surface area contributed by atoms with Gasteiger partial charge < -0.3 is 5.32 Å². The molecule has 0 fully saturated rings. The summed E-state index contributed by atoms with van der Waals surface area (Å²) in [5.74, 6) is 0.361. The molecule has 0 unspecified atom stereocenters. The second-order valence-corrected chi connectivity index (χ2v) is 4.34. The number of hydrogen-bond donors (Lipinski definition) is 1. The maximum atomic E-state index is 11.4. The third-order valence-corrected chi connectivity index (χ3v) is 2.29. The Bertz CT molecular complexity index is 364. The molecule has 0 aliphatic heterocycles. The van der Waals surface area contributed by atoms with Gasteiger partial charge in [0.1, 0.15) is 5.15 Å². The minimum atomic E-state index is 0.00789. The van der Waals surface area contributed by atoms with Gasteiger partial charge in [0, 0.05) is 6.42 Å². The van der Waals surface area contributed by atoms with Gasteiger partial charge in [-0.2, -0.15) is 0 Å². The summed E-state index contributed by atoms with van der Waals surface area (Å²) >= 11 is 5.78. The highest BCUT2D eigenvalue weighted by molar-refractivity contribution is 6.30. The van der Waals surface area contributed by atoms with E-state index in [1.807, 2.05) is 26.8 Å². The molecule has 1 amide bonds. The van der Waals surface area contributed by atoms with E-state index in [0.29, 0.717) is 23.2 Å². The Balaban J connectivity index is 2.65. The largest absolute Gasteiger partial charge is 0.325 e. The van der Waals surface area contributed by atoms with E-state index >= 15 is 0 Å². The third-order valence-electron chi connectivity index (χ3n) is 1.89. The van der Waals surface area contributed by atoms with Crippen LogP contribution in [0.3, 0.4) is 0 Å². The number of halogens is 1. The molecule has 0 bridgehead atoms. The SMILES string of the molecule is Cc1cc(NC(=O)CC(C)C)cnc1Cl. The quantitative estimate of drug-likeness (QED) is 0.805. The average Bonchev–Trinajstić information content (AvgIpc) is 2.10. The van der Waals surface area contributed by atoms with Gasteiger partial charge in [-0.1, -0.05) is 25.4 Å². The number of pyridine rings is 1. The monoisotopic (exact) mass is 226 g/mol. The van der Waals surface area contributed by atoms with E-state index in [2.05, 4.69) is 10.3 Å². The van der Waals surface area contributed by atoms with E-state index < -0.39 is 0 Å². The lowest BCUT2D eigenvalue weighted by Gasteiger charge is -2.07. The van der Waals surface area contributed by atoms with E-state index in [-0.39, 0.29) is 5.91 Å². The highest BCUT2D eigenvalue weighted by atomic mass is 35.5. The second kappa shape index (κ2) is 5.12. The number of carbonyl (C=O) groups is 1. The minimum absolute atomic E-state index is 0.00789. The van der Waals surface area contributed by atoms with E-state index in [1.54, 1.807) is 6.20 Å². The Hall–Kier alpha value is -1.09. The van der Waals surface area contributed by atoms with Crippen LogP contribution in [-0.4, -0.2) is 10.9 Å². The number of hydrogen-bond acceptors (Lipinski definition) is 2. The van der Waals surface area contributed by atoms with Crippen LogP contribution in [0.4, 0.5) is 5.69 Å². The van der Waals surface area contributed by atoms with Crippen LogP contribution >= 0.6 is 11.6 Å². The number of rotatable bonds is 3. The molecule has 0 aliphatic rings. The summed E-state index contributed by atoms with van der Waals surface area (Å²) in [6.07, 6.45) is 2.08. The molecular formula is C11H15ClN2O. The lowest BCUT2D eigenvalue weighted by Crippen LogP contribution is -2.14. The van der Waals surface area contributed by atoms with Crippen molar-refractivity contribution in [2.75, 3.05) is 5.32 Å². The Morgan fingerprint density at radius 3 is 2.80 bits per heavy atom. The molecule has 0 aromatic carbocycles. The fraction of sp³-hybridized carbons (Fsp3) is 0.455. The zero-order valence-corrected chi connectivity index (χ0v) is 9.93. The predicted octanol–water partition coefficient (Wildman–Crippen LogP) is 3.03. The number of amides is 1. The van der Waals surface area contributed by atoms with Gasteiger partial charge in [-0.05, 0) is 24.5 Å². The summed E-state index contributed by atoms with van der Waals surface area (Å²) in [7, 11) is 0. The number of nitrogens with zero attached hydrogens (tertiary/aromatic N) is 1. The highest BCUT2D eigenvalue weighted by Crippen LogP contribution is 2.16. The Kier molecular flexibility index (Phi) is 4.09. The number of anilines is 1. The van der Waals surface area contributed by atoms with Crippen LogP contribution < -0.4 is 5.32 Å². The molecule has 1 heterocycles. The zero-order valence-electron chi connectivity index (χ0n) is 9.17. The van der Waals surface area contributed by atoms with Crippen LogP contribution in [0.1, 0.15) is 25.8 Å². The first-order valence-corrected chi connectivity index (χ1v) is 5.29. The highest BCUT2D eigenvalue weighted by Gasteiger charge is 2.06. The van der Waals surface area contributed by atoms with Crippen LogP contribution in [0.5, 0.6) is 0 Å². The van der Waals surface area contributed by atoms with E-state index in [1.165, 1.54) is 0 Å². The third kappa shape index (κ3) is 3.88. The van der Waals surface area contributed by atoms with Crippen molar-refractivity contribution in [2.45, 2.75) is 27.2 Å². The van der Waals surface area contributed by atoms with Gasteiger partial charge in [0.25, 0.3) is 0 Å². The maximum Gasteiger partial charge on any atom is 0.224 e. The molecule has 0 radical (unpaired) electrons. The van der Waals surface area contributed by atoms with Crippen molar-refractivity contribution in [2.24, 2.45) is 5.92 Å². The smallest absolute Gasteiger partial charge is 0.224 e. The molecule has 1 aromatic rings. The number of aryl methyl sites for hydroxylation is 1. The van der Waals surface area contributed by atoms with Crippen LogP contribution in [0, 0.1) is 12.8 Å². The van der Waals surface area contributed by atoms with Gasteiger partial charge in [0.05, 0.1) is 11.9 Å². The molecule has 4 heteroatoms. The summed E-state index contributed by atoms with van der Waals surface area (Å²) in [4.78, 5) is 15.4. The summed E-state index contributed by atoms with van der Waals surface area (Å²) in [6, 6.07) is 1.81. The summed E-state index contributed by atoms with van der Waals surface area (Å²) in [6.45, 7) is 5.86. The zero-order chi connectivity index (χ0) is 11.4. The molecule has 1 aromatic heterocycles. The minimum Gasteiger partial charge on any atom is -0.325 e. The number of carbonyl (C=O) groups excluding carboxylic acids is 1. The van der Waals surface area contributed by atoms with Gasteiger partial charge in [0.15, 0.2) is 0 Å². The van der Waals surface area contributed by atoms with Crippen LogP contribution in [0.25, 0.3) is 0 Å². The predicted molar refractivity (Wildman–Crippen MR) is 62.1 cm³/mol. The van der Waals surface area contributed by atoms with Gasteiger partial charge >= 0.3 is 0 Å². The van der Waals surface area contributed by atoms with Crippen LogP contribution in [0.15, 0.2) is 12.3 Å². The molecule has 0 atom stereocenters. The molecule has 0 saturated heterocycles. The van der Waals surface area contributed by atoms with E-state index in [0.717, 1.165) is 5.56 Å². The fourth-order valence-corrected chi connectivity index (χ4v) is 1.31. The number of nitrogens with one attached hydrogen (secondary N) is 1. The first-order chi connectivity index (χ1) is 6.99. The topological polar surface area (TPSA) is 42.0 Å². The Labute approximate surface area is 94.9 Å². The molecule has 0 aliphatic carbocycles.